The smallest absolute Gasteiger partial charge is 0.231 e. The summed E-state index contributed by atoms with van der Waals surface area (Å²) < 4.78 is 0. The third kappa shape index (κ3) is 2.71. The van der Waals surface area contributed by atoms with E-state index >= 15 is 0 Å². The quantitative estimate of drug-likeness (QED) is 0.607. The predicted molar refractivity (Wildman–Crippen MR) is 63.6 cm³/mol. The van der Waals surface area contributed by atoms with Crippen LogP contribution in [0.1, 0.15) is 6.42 Å². The van der Waals surface area contributed by atoms with Crippen LogP contribution in [0, 0.1) is 0 Å². The van der Waals surface area contributed by atoms with Gasteiger partial charge in [0.05, 0.1) is 6.04 Å². The van der Waals surface area contributed by atoms with Crippen LogP contribution >= 0.6 is 0 Å². The highest BCUT2D eigenvalue weighted by Gasteiger charge is 2.22. The number of amides is 1. The number of hydrogen-bond acceptors (Lipinski definition) is 7. The van der Waals surface area contributed by atoms with E-state index in [1.165, 1.54) is 0 Å². The minimum absolute atomic E-state index is 0.000637. The molecule has 1 unspecified atom stereocenters. The Kier molecular flexibility index (Phi) is 2.94. The maximum atomic E-state index is 11.0. The molecular formula is C9H15N7O. The molecule has 0 aliphatic carbocycles. The van der Waals surface area contributed by atoms with Gasteiger partial charge in [-0.2, -0.15) is 15.0 Å². The Balaban J connectivity index is 2.12. The van der Waals surface area contributed by atoms with Crippen LogP contribution in [0.25, 0.3) is 0 Å². The second-order valence-electron chi connectivity index (χ2n) is 4.06. The Morgan fingerprint density at radius 2 is 2.18 bits per heavy atom. The molecule has 2 rings (SSSR count). The summed E-state index contributed by atoms with van der Waals surface area (Å²) in [5.41, 5.74) is 5.59. The summed E-state index contributed by atoms with van der Waals surface area (Å²) in [6.45, 7) is 0.571. The highest BCUT2D eigenvalue weighted by molar-refractivity contribution is 5.79. The highest BCUT2D eigenvalue weighted by atomic mass is 16.1. The molecular weight excluding hydrogens is 222 g/mol. The molecule has 0 saturated carbocycles. The van der Waals surface area contributed by atoms with E-state index in [1.807, 2.05) is 14.1 Å². The van der Waals surface area contributed by atoms with Crippen LogP contribution in [0.3, 0.4) is 0 Å². The molecule has 92 valence electrons. The fraction of sp³-hybridized carbons (Fsp3) is 0.556. The average molecular weight is 237 g/mol. The summed E-state index contributed by atoms with van der Waals surface area (Å²) in [6.07, 6.45) is 0.420. The lowest BCUT2D eigenvalue weighted by Gasteiger charge is -2.14. The molecule has 1 fully saturated rings. The number of anilines is 3. The fourth-order valence-electron chi connectivity index (χ4n) is 1.54. The maximum Gasteiger partial charge on any atom is 0.231 e. The number of hydrogen-bond donors (Lipinski definition) is 3. The van der Waals surface area contributed by atoms with Gasteiger partial charge in [-0.05, 0) is 0 Å². The monoisotopic (exact) mass is 237 g/mol. The molecule has 8 heteroatoms. The normalized spacial score (nSPS) is 18.9. The summed E-state index contributed by atoms with van der Waals surface area (Å²) in [4.78, 5) is 24.9. The largest absolute Gasteiger partial charge is 0.368 e. The molecule has 0 radical (unpaired) electrons. The van der Waals surface area contributed by atoms with Gasteiger partial charge >= 0.3 is 0 Å². The van der Waals surface area contributed by atoms with Crippen molar-refractivity contribution in [2.75, 3.05) is 36.6 Å². The molecule has 1 saturated heterocycles. The van der Waals surface area contributed by atoms with E-state index in [2.05, 4.69) is 25.6 Å². The number of aromatic nitrogens is 3. The van der Waals surface area contributed by atoms with Crippen molar-refractivity contribution in [1.29, 1.82) is 0 Å². The Morgan fingerprint density at radius 1 is 1.41 bits per heavy atom. The Hall–Kier alpha value is -2.12. The van der Waals surface area contributed by atoms with Crippen LogP contribution in [-0.4, -0.2) is 47.5 Å². The van der Waals surface area contributed by atoms with Crippen molar-refractivity contribution in [2.24, 2.45) is 0 Å². The van der Waals surface area contributed by atoms with Gasteiger partial charge in [0, 0.05) is 27.1 Å². The molecule has 17 heavy (non-hydrogen) atoms. The zero-order valence-corrected chi connectivity index (χ0v) is 9.77. The van der Waals surface area contributed by atoms with Crippen molar-refractivity contribution in [3.05, 3.63) is 0 Å². The van der Waals surface area contributed by atoms with Crippen LogP contribution < -0.4 is 21.3 Å². The Bertz CT molecular complexity index is 433. The first-order valence-corrected chi connectivity index (χ1v) is 5.26. The minimum Gasteiger partial charge on any atom is -0.368 e. The number of carbonyl (C=O) groups is 1. The van der Waals surface area contributed by atoms with Crippen LogP contribution in [0.5, 0.6) is 0 Å². The number of carbonyl (C=O) groups excluding carboxylic acids is 1. The zero-order valence-electron chi connectivity index (χ0n) is 9.77. The van der Waals surface area contributed by atoms with Gasteiger partial charge in [-0.25, -0.2) is 0 Å². The van der Waals surface area contributed by atoms with E-state index in [0.29, 0.717) is 24.9 Å². The van der Waals surface area contributed by atoms with Crippen molar-refractivity contribution in [1.82, 2.24) is 20.3 Å². The van der Waals surface area contributed by atoms with E-state index in [4.69, 9.17) is 5.73 Å². The van der Waals surface area contributed by atoms with Gasteiger partial charge in [0.1, 0.15) is 0 Å². The lowest BCUT2D eigenvalue weighted by molar-refractivity contribution is -0.119. The second-order valence-corrected chi connectivity index (χ2v) is 4.06. The summed E-state index contributed by atoms with van der Waals surface area (Å²) in [6, 6.07) is -0.000637. The topological polar surface area (TPSA) is 109 Å². The predicted octanol–water partition coefficient (Wildman–Crippen LogP) is -1.18. The molecule has 1 aliphatic rings. The van der Waals surface area contributed by atoms with Gasteiger partial charge in [0.25, 0.3) is 0 Å². The Morgan fingerprint density at radius 3 is 2.76 bits per heavy atom. The first-order chi connectivity index (χ1) is 8.04. The molecule has 1 aliphatic heterocycles. The standard InChI is InChI=1S/C9H15N7O/c1-16(2)9-14-7(10)13-8(15-9)12-5-3-6(17)11-4-5/h5H,3-4H2,1-2H3,(H,11,17)(H3,10,12,13,14,15). The first kappa shape index (κ1) is 11.4. The van der Waals surface area contributed by atoms with E-state index in [9.17, 15) is 4.79 Å². The van der Waals surface area contributed by atoms with E-state index in [-0.39, 0.29) is 17.9 Å². The van der Waals surface area contributed by atoms with Gasteiger partial charge in [-0.1, -0.05) is 0 Å². The van der Waals surface area contributed by atoms with Gasteiger partial charge in [0.15, 0.2) is 0 Å². The van der Waals surface area contributed by atoms with E-state index in [0.717, 1.165) is 0 Å². The second kappa shape index (κ2) is 4.40. The molecule has 8 nitrogen and oxygen atoms in total. The summed E-state index contributed by atoms with van der Waals surface area (Å²) in [5.74, 6) is 1.06. The third-order valence-corrected chi connectivity index (χ3v) is 2.35. The third-order valence-electron chi connectivity index (χ3n) is 2.35. The number of rotatable bonds is 3. The van der Waals surface area contributed by atoms with Crippen molar-refractivity contribution in [3.8, 4) is 0 Å². The summed E-state index contributed by atoms with van der Waals surface area (Å²) in [5, 5.41) is 5.78. The minimum atomic E-state index is -0.000637. The number of nitrogens with two attached hydrogens (primary N) is 1. The van der Waals surface area contributed by atoms with Gasteiger partial charge < -0.3 is 21.3 Å². The van der Waals surface area contributed by atoms with Gasteiger partial charge in [0.2, 0.25) is 23.8 Å². The molecule has 0 spiro atoms. The molecule has 4 N–H and O–H groups in total. The number of nitrogens with zero attached hydrogens (tertiary/aromatic N) is 4. The molecule has 0 aromatic carbocycles. The zero-order chi connectivity index (χ0) is 12.4. The number of nitrogens with one attached hydrogen (secondary N) is 2. The van der Waals surface area contributed by atoms with Crippen molar-refractivity contribution >= 4 is 23.8 Å². The van der Waals surface area contributed by atoms with Gasteiger partial charge in [-0.15, -0.1) is 0 Å². The highest BCUT2D eigenvalue weighted by Crippen LogP contribution is 2.12. The summed E-state index contributed by atoms with van der Waals surface area (Å²) in [7, 11) is 3.64. The molecule has 2 heterocycles. The van der Waals surface area contributed by atoms with E-state index in [1.54, 1.807) is 4.90 Å². The molecule has 0 bridgehead atoms. The van der Waals surface area contributed by atoms with Crippen molar-refractivity contribution in [3.63, 3.8) is 0 Å². The fourth-order valence-corrected chi connectivity index (χ4v) is 1.54. The molecule has 1 aromatic heterocycles. The summed E-state index contributed by atoms with van der Waals surface area (Å²) >= 11 is 0. The van der Waals surface area contributed by atoms with Crippen LogP contribution in [0.2, 0.25) is 0 Å². The van der Waals surface area contributed by atoms with Crippen LogP contribution in [0.4, 0.5) is 17.8 Å². The van der Waals surface area contributed by atoms with Crippen LogP contribution in [0.15, 0.2) is 0 Å². The van der Waals surface area contributed by atoms with Gasteiger partial charge in [-0.3, -0.25) is 4.79 Å². The van der Waals surface area contributed by atoms with Crippen molar-refractivity contribution < 1.29 is 4.79 Å². The lowest BCUT2D eigenvalue weighted by atomic mass is 10.3. The molecule has 1 atom stereocenters. The average Bonchev–Trinajstić information content (AvgIpc) is 2.63. The maximum absolute atomic E-state index is 11.0. The first-order valence-electron chi connectivity index (χ1n) is 5.26. The molecule has 1 amide bonds. The number of nitrogen functional groups attached to an aromatic ring is 1. The Labute approximate surface area is 98.6 Å². The van der Waals surface area contributed by atoms with Crippen LogP contribution in [-0.2, 0) is 4.79 Å². The molecule has 1 aromatic rings. The lowest BCUT2D eigenvalue weighted by Crippen LogP contribution is -2.25. The SMILES string of the molecule is CN(C)c1nc(N)nc(NC2CNC(=O)C2)n1. The van der Waals surface area contributed by atoms with E-state index < -0.39 is 0 Å². The van der Waals surface area contributed by atoms with Crippen molar-refractivity contribution in [2.45, 2.75) is 12.5 Å².